The Morgan fingerprint density at radius 3 is 2.07 bits per heavy atom. The molecule has 0 heterocycles. The largest absolute Gasteiger partial charge is 0.461 e. The average Bonchev–Trinajstić information content (AvgIpc) is 2.64. The van der Waals surface area contributed by atoms with E-state index in [4.69, 9.17) is 9.02 Å². The summed E-state index contributed by atoms with van der Waals surface area (Å²) >= 11 is 0. The number of oxime groups is 1. The average molecular weight is 389 g/mol. The molecule has 0 spiro atoms. The maximum atomic E-state index is 12.4. The summed E-state index contributed by atoms with van der Waals surface area (Å²) in [5.41, 5.74) is 2.13. The van der Waals surface area contributed by atoms with Gasteiger partial charge in [0.25, 0.3) is 0 Å². The van der Waals surface area contributed by atoms with Crippen LogP contribution in [0.5, 0.6) is 0 Å². The predicted molar refractivity (Wildman–Crippen MR) is 103 cm³/mol. The Labute approximate surface area is 159 Å². The highest BCUT2D eigenvalue weighted by Crippen LogP contribution is 2.15. The maximum Gasteiger partial charge on any atom is 0.361 e. The number of rotatable bonds is 8. The lowest BCUT2D eigenvalue weighted by Gasteiger charge is -2.08. The van der Waals surface area contributed by atoms with Crippen molar-refractivity contribution in [2.75, 3.05) is 6.61 Å². The Morgan fingerprint density at radius 2 is 1.52 bits per heavy atom. The topological polar surface area (TPSA) is 82.0 Å². The van der Waals surface area contributed by atoms with Gasteiger partial charge in [-0.3, -0.25) is 4.28 Å². The van der Waals surface area contributed by atoms with Gasteiger partial charge in [-0.05, 0) is 32.4 Å². The van der Waals surface area contributed by atoms with Crippen LogP contribution in [-0.2, 0) is 23.9 Å². The number of hydrogen-bond donors (Lipinski definition) is 0. The molecule has 2 aromatic rings. The van der Waals surface area contributed by atoms with E-state index in [0.717, 1.165) is 17.5 Å². The van der Waals surface area contributed by atoms with E-state index in [1.165, 1.54) is 12.1 Å². The molecule has 144 valence electrons. The molecule has 7 heteroatoms. The zero-order valence-electron chi connectivity index (χ0n) is 15.6. The molecule has 0 unspecified atom stereocenters. The van der Waals surface area contributed by atoms with Crippen molar-refractivity contribution in [2.24, 2.45) is 5.16 Å². The highest BCUT2D eigenvalue weighted by atomic mass is 32.2. The van der Waals surface area contributed by atoms with Gasteiger partial charge in [0.15, 0.2) is 5.71 Å². The van der Waals surface area contributed by atoms with Crippen LogP contribution in [0.2, 0.25) is 0 Å². The fourth-order valence-electron chi connectivity index (χ4n) is 2.13. The minimum atomic E-state index is -4.14. The molecule has 0 bridgehead atoms. The van der Waals surface area contributed by atoms with E-state index >= 15 is 0 Å². The van der Waals surface area contributed by atoms with Crippen LogP contribution in [-0.4, -0.2) is 26.7 Å². The first-order chi connectivity index (χ1) is 12.8. The molecule has 2 rings (SSSR count). The maximum absolute atomic E-state index is 12.4. The summed E-state index contributed by atoms with van der Waals surface area (Å²) in [6, 6.07) is 13.1. The number of unbranched alkanes of at least 4 members (excludes halogenated alkanes) is 1. The molecule has 0 aliphatic carbocycles. The van der Waals surface area contributed by atoms with Gasteiger partial charge in [0, 0.05) is 5.56 Å². The summed E-state index contributed by atoms with van der Waals surface area (Å²) in [4.78, 5) is 12.3. The smallest absolute Gasteiger partial charge is 0.361 e. The first-order valence-corrected chi connectivity index (χ1v) is 10.1. The quantitative estimate of drug-likeness (QED) is 0.297. The van der Waals surface area contributed by atoms with Crippen LogP contribution >= 0.6 is 0 Å². The van der Waals surface area contributed by atoms with Crippen molar-refractivity contribution in [1.29, 1.82) is 0 Å². The molecule has 0 N–H and O–H groups in total. The Morgan fingerprint density at radius 1 is 0.963 bits per heavy atom. The van der Waals surface area contributed by atoms with E-state index in [2.05, 4.69) is 5.16 Å². The van der Waals surface area contributed by atoms with Gasteiger partial charge in [-0.2, -0.15) is 8.42 Å². The molecule has 0 radical (unpaired) electrons. The van der Waals surface area contributed by atoms with Crippen molar-refractivity contribution < 1.29 is 22.2 Å². The van der Waals surface area contributed by atoms with Crippen molar-refractivity contribution in [3.8, 4) is 0 Å². The zero-order chi connectivity index (χ0) is 19.9. The number of carbonyl (C=O) groups is 1. The van der Waals surface area contributed by atoms with Gasteiger partial charge >= 0.3 is 16.1 Å². The number of ether oxygens (including phenoxy) is 1. The lowest BCUT2D eigenvalue weighted by Crippen LogP contribution is -2.20. The second kappa shape index (κ2) is 9.32. The van der Waals surface area contributed by atoms with Crippen LogP contribution < -0.4 is 0 Å². The molecule has 0 saturated heterocycles. The van der Waals surface area contributed by atoms with Gasteiger partial charge < -0.3 is 4.74 Å². The zero-order valence-corrected chi connectivity index (χ0v) is 16.5. The molecule has 0 atom stereocenters. The van der Waals surface area contributed by atoms with Gasteiger partial charge in [-0.25, -0.2) is 4.79 Å². The third-order valence-electron chi connectivity index (χ3n) is 3.79. The van der Waals surface area contributed by atoms with Crippen molar-refractivity contribution in [3.63, 3.8) is 0 Å². The normalized spacial score (nSPS) is 11.9. The molecule has 0 saturated carbocycles. The van der Waals surface area contributed by atoms with Crippen molar-refractivity contribution in [1.82, 2.24) is 0 Å². The molecule has 27 heavy (non-hydrogen) atoms. The molecule has 0 fully saturated rings. The SMILES string of the molecule is CCCCOC(=O)C(=NOS(=O)(=O)c1ccc(C)cc1)c1ccc(C)cc1. The van der Waals surface area contributed by atoms with Crippen molar-refractivity contribution in [3.05, 3.63) is 65.2 Å². The van der Waals surface area contributed by atoms with Crippen molar-refractivity contribution >= 4 is 21.8 Å². The number of aryl methyl sites for hydroxylation is 2. The second-order valence-electron chi connectivity index (χ2n) is 6.14. The number of nitrogens with zero attached hydrogens (tertiary/aromatic N) is 1. The van der Waals surface area contributed by atoms with E-state index < -0.39 is 16.1 Å². The Balaban J connectivity index is 2.29. The molecular formula is C20H23NO5S. The number of carbonyl (C=O) groups excluding carboxylic acids is 1. The molecular weight excluding hydrogens is 366 g/mol. The first-order valence-electron chi connectivity index (χ1n) is 8.66. The molecule has 0 aromatic heterocycles. The highest BCUT2D eigenvalue weighted by molar-refractivity contribution is 7.86. The lowest BCUT2D eigenvalue weighted by atomic mass is 10.1. The van der Waals surface area contributed by atoms with Crippen LogP contribution in [0.4, 0.5) is 0 Å². The van der Waals surface area contributed by atoms with Crippen molar-refractivity contribution in [2.45, 2.75) is 38.5 Å². The van der Waals surface area contributed by atoms with E-state index in [1.807, 2.05) is 20.8 Å². The Hall–Kier alpha value is -2.67. The summed E-state index contributed by atoms with van der Waals surface area (Å²) in [7, 11) is -4.14. The number of esters is 1. The predicted octanol–water partition coefficient (Wildman–Crippen LogP) is 3.76. The monoisotopic (exact) mass is 389 g/mol. The third-order valence-corrected chi connectivity index (χ3v) is 4.91. The van der Waals surface area contributed by atoms with Gasteiger partial charge in [0.1, 0.15) is 4.90 Å². The Bertz CT molecular complexity index is 900. The van der Waals surface area contributed by atoms with Gasteiger partial charge in [-0.1, -0.05) is 66.0 Å². The van der Waals surface area contributed by atoms with Crippen LogP contribution in [0.15, 0.2) is 58.6 Å². The van der Waals surface area contributed by atoms with E-state index in [9.17, 15) is 13.2 Å². The van der Waals surface area contributed by atoms with Crippen LogP contribution in [0.1, 0.15) is 36.5 Å². The van der Waals surface area contributed by atoms with Crippen LogP contribution in [0, 0.1) is 13.8 Å². The highest BCUT2D eigenvalue weighted by Gasteiger charge is 2.21. The lowest BCUT2D eigenvalue weighted by molar-refractivity contribution is -0.135. The van der Waals surface area contributed by atoms with Crippen LogP contribution in [0.25, 0.3) is 0 Å². The second-order valence-corrected chi connectivity index (χ2v) is 7.67. The third kappa shape index (κ3) is 5.92. The minimum absolute atomic E-state index is 0.0422. The summed E-state index contributed by atoms with van der Waals surface area (Å²) in [6.45, 7) is 5.95. The summed E-state index contributed by atoms with van der Waals surface area (Å²) < 4.78 is 34.6. The number of benzene rings is 2. The molecule has 0 aliphatic heterocycles. The summed E-state index contributed by atoms with van der Waals surface area (Å²) in [6.07, 6.45) is 1.57. The number of hydrogen-bond acceptors (Lipinski definition) is 6. The molecule has 0 amide bonds. The van der Waals surface area contributed by atoms with Gasteiger partial charge in [0.2, 0.25) is 0 Å². The summed E-state index contributed by atoms with van der Waals surface area (Å²) in [5.74, 6) is -0.730. The van der Waals surface area contributed by atoms with E-state index in [1.54, 1.807) is 36.4 Å². The first kappa shape index (κ1) is 20.6. The molecule has 2 aromatic carbocycles. The molecule has 6 nitrogen and oxygen atoms in total. The van der Waals surface area contributed by atoms with Crippen LogP contribution in [0.3, 0.4) is 0 Å². The van der Waals surface area contributed by atoms with Gasteiger partial charge in [0.05, 0.1) is 6.61 Å². The minimum Gasteiger partial charge on any atom is -0.461 e. The standard InChI is InChI=1S/C20H23NO5S/c1-4-5-14-25-20(22)19(17-10-6-15(2)7-11-17)21-26-27(23,24)18-12-8-16(3)9-13-18/h6-13H,4-5,14H2,1-3H3. The molecule has 0 aliphatic rings. The van der Waals surface area contributed by atoms with Gasteiger partial charge in [-0.15, -0.1) is 0 Å². The summed E-state index contributed by atoms with van der Waals surface area (Å²) in [5, 5.41) is 3.63. The van der Waals surface area contributed by atoms with E-state index in [-0.39, 0.29) is 17.2 Å². The fourth-order valence-corrected chi connectivity index (χ4v) is 2.86. The van der Waals surface area contributed by atoms with E-state index in [0.29, 0.717) is 12.0 Å². The Kier molecular flexibility index (Phi) is 7.12. The fraction of sp³-hybridized carbons (Fsp3) is 0.300.